The minimum atomic E-state index is -0.0559. The van der Waals surface area contributed by atoms with Crippen LogP contribution in [-0.2, 0) is 11.2 Å². The molecule has 2 heterocycles. The van der Waals surface area contributed by atoms with Crippen LogP contribution in [0.2, 0.25) is 0 Å². The molecule has 1 aromatic heterocycles. The van der Waals surface area contributed by atoms with Crippen molar-refractivity contribution in [1.29, 1.82) is 0 Å². The molecule has 0 fully saturated rings. The number of methoxy groups -OCH3 is 1. The minimum absolute atomic E-state index is 0.0216. The van der Waals surface area contributed by atoms with Crippen LogP contribution in [0.5, 0.6) is 5.75 Å². The second kappa shape index (κ2) is 12.7. The Morgan fingerprint density at radius 1 is 1.24 bits per heavy atom. The topological polar surface area (TPSA) is 79.8 Å². The number of ether oxygens (including phenoxy) is 2. The maximum Gasteiger partial charge on any atom is 0.259 e. The predicted molar refractivity (Wildman–Crippen MR) is 136 cm³/mol. The summed E-state index contributed by atoms with van der Waals surface area (Å²) in [6.45, 7) is 12.7. The van der Waals surface area contributed by atoms with Crippen LogP contribution < -0.4 is 15.0 Å². The predicted octanol–water partition coefficient (Wildman–Crippen LogP) is 4.02. The fraction of sp³-hybridized carbons (Fsp3) is 0.577. The molecule has 1 unspecified atom stereocenters. The number of amides is 1. The number of hydrogen-bond donors (Lipinski definition) is 1. The molecule has 0 spiro atoms. The average molecular weight is 470 g/mol. The largest absolute Gasteiger partial charge is 0.493 e. The first-order chi connectivity index (χ1) is 16.5. The molecule has 8 nitrogen and oxygen atoms in total. The molecule has 0 saturated heterocycles. The van der Waals surface area contributed by atoms with Crippen molar-refractivity contribution in [3.05, 3.63) is 41.6 Å². The first-order valence-corrected chi connectivity index (χ1v) is 12.4. The molecule has 2 aromatic rings. The number of carbonyl (C=O) groups excluding carboxylic acids is 1. The average Bonchev–Trinajstić information content (AvgIpc) is 3.30. The highest BCUT2D eigenvalue weighted by molar-refractivity contribution is 6.06. The third-order valence-corrected chi connectivity index (χ3v) is 6.27. The van der Waals surface area contributed by atoms with Crippen molar-refractivity contribution < 1.29 is 14.3 Å². The molecule has 2 atom stereocenters. The Balaban J connectivity index is 1.85. The summed E-state index contributed by atoms with van der Waals surface area (Å²) in [5.41, 5.74) is 1.74. The van der Waals surface area contributed by atoms with E-state index < -0.39 is 0 Å². The molecule has 8 heteroatoms. The number of carbonyl (C=O) groups is 1. The van der Waals surface area contributed by atoms with Crippen LogP contribution in [0.4, 0.5) is 11.8 Å². The fourth-order valence-electron chi connectivity index (χ4n) is 4.33. The van der Waals surface area contributed by atoms with Crippen LogP contribution >= 0.6 is 0 Å². The third kappa shape index (κ3) is 6.67. The number of anilines is 2. The highest BCUT2D eigenvalue weighted by atomic mass is 16.5. The van der Waals surface area contributed by atoms with E-state index in [1.54, 1.807) is 19.4 Å². The summed E-state index contributed by atoms with van der Waals surface area (Å²) in [5, 5.41) is 3.25. The minimum Gasteiger partial charge on any atom is -0.493 e. The van der Waals surface area contributed by atoms with Crippen LogP contribution in [0.25, 0.3) is 0 Å². The first kappa shape index (κ1) is 25.9. The lowest BCUT2D eigenvalue weighted by molar-refractivity contribution is 0.0975. The van der Waals surface area contributed by atoms with Crippen LogP contribution in [0.3, 0.4) is 0 Å². The number of nitrogens with zero attached hydrogens (tertiary/aromatic N) is 4. The first-order valence-electron chi connectivity index (χ1n) is 12.4. The van der Waals surface area contributed by atoms with Crippen molar-refractivity contribution in [1.82, 2.24) is 14.9 Å². The maximum absolute atomic E-state index is 13.8. The summed E-state index contributed by atoms with van der Waals surface area (Å²) in [6.07, 6.45) is 4.41. The highest BCUT2D eigenvalue weighted by Gasteiger charge is 2.26. The smallest absolute Gasteiger partial charge is 0.259 e. The molecular weight excluding hydrogens is 430 g/mol. The van der Waals surface area contributed by atoms with E-state index in [4.69, 9.17) is 14.5 Å². The van der Waals surface area contributed by atoms with Gasteiger partial charge in [0.2, 0.25) is 5.95 Å². The Hall–Kier alpha value is -2.71. The summed E-state index contributed by atoms with van der Waals surface area (Å²) in [4.78, 5) is 27.1. The molecule has 0 bridgehead atoms. The lowest BCUT2D eigenvalue weighted by Gasteiger charge is -2.30. The Kier molecular flexibility index (Phi) is 9.65. The summed E-state index contributed by atoms with van der Waals surface area (Å²) in [5.74, 6) is 1.90. The van der Waals surface area contributed by atoms with Gasteiger partial charge in [-0.15, -0.1) is 0 Å². The number of hydrogen-bond acceptors (Lipinski definition) is 7. The lowest BCUT2D eigenvalue weighted by atomic mass is 10.1. The van der Waals surface area contributed by atoms with Gasteiger partial charge < -0.3 is 19.7 Å². The zero-order valence-electron chi connectivity index (χ0n) is 21.2. The van der Waals surface area contributed by atoms with E-state index in [1.807, 2.05) is 30.0 Å². The summed E-state index contributed by atoms with van der Waals surface area (Å²) < 4.78 is 10.8. The standard InChI is InChI=1S/C26H39N5O3/c1-6-30(7-2)15-8-9-20(4)31(24-12-14-27-26(29-24)28-19(3)18-33-5)25(32)22-10-11-23-21(17-22)13-16-34-23/h10-12,14,17,19-20H,6-9,13,15-16,18H2,1-5H3,(H,27,28,29)/t19-,20?/m0/s1. The molecule has 1 aliphatic rings. The molecule has 1 N–H and O–H groups in total. The van der Waals surface area contributed by atoms with E-state index >= 15 is 0 Å². The van der Waals surface area contributed by atoms with Gasteiger partial charge in [-0.05, 0) is 76.2 Å². The lowest BCUT2D eigenvalue weighted by Crippen LogP contribution is -2.40. The number of aromatic nitrogens is 2. The number of rotatable bonds is 13. The van der Waals surface area contributed by atoms with Gasteiger partial charge in [-0.25, -0.2) is 4.98 Å². The second-order valence-corrected chi connectivity index (χ2v) is 8.85. The summed E-state index contributed by atoms with van der Waals surface area (Å²) >= 11 is 0. The van der Waals surface area contributed by atoms with Gasteiger partial charge in [0.05, 0.1) is 13.2 Å². The van der Waals surface area contributed by atoms with Gasteiger partial charge in [0, 0.05) is 37.4 Å². The van der Waals surface area contributed by atoms with E-state index in [1.165, 1.54) is 0 Å². The monoisotopic (exact) mass is 469 g/mol. The molecule has 0 aliphatic carbocycles. The van der Waals surface area contributed by atoms with Crippen molar-refractivity contribution in [2.24, 2.45) is 0 Å². The maximum atomic E-state index is 13.8. The van der Waals surface area contributed by atoms with Gasteiger partial charge in [0.25, 0.3) is 5.91 Å². The SMILES string of the molecule is CCN(CC)CCCC(C)N(C(=O)c1ccc2c(c1)CCO2)c1ccnc(N[C@@H](C)COC)n1. The van der Waals surface area contributed by atoms with Crippen LogP contribution in [-0.4, -0.2) is 72.8 Å². The highest BCUT2D eigenvalue weighted by Crippen LogP contribution is 2.28. The molecule has 1 amide bonds. The van der Waals surface area contributed by atoms with E-state index in [-0.39, 0.29) is 18.0 Å². The van der Waals surface area contributed by atoms with E-state index in [9.17, 15) is 4.79 Å². The van der Waals surface area contributed by atoms with Gasteiger partial charge in [0.1, 0.15) is 11.6 Å². The van der Waals surface area contributed by atoms with Gasteiger partial charge in [-0.2, -0.15) is 4.98 Å². The molecule has 0 saturated carbocycles. The second-order valence-electron chi connectivity index (χ2n) is 8.85. The quantitative estimate of drug-likeness (QED) is 0.475. The zero-order chi connectivity index (χ0) is 24.5. The Morgan fingerprint density at radius 3 is 2.76 bits per heavy atom. The van der Waals surface area contributed by atoms with Gasteiger partial charge in [-0.3, -0.25) is 9.69 Å². The molecule has 0 radical (unpaired) electrons. The third-order valence-electron chi connectivity index (χ3n) is 6.27. The van der Waals surface area contributed by atoms with Crippen molar-refractivity contribution in [2.45, 2.75) is 59.0 Å². The Bertz CT molecular complexity index is 934. The van der Waals surface area contributed by atoms with E-state index in [2.05, 4.69) is 36.0 Å². The van der Waals surface area contributed by atoms with Gasteiger partial charge >= 0.3 is 0 Å². The summed E-state index contributed by atoms with van der Waals surface area (Å²) in [6, 6.07) is 7.55. The van der Waals surface area contributed by atoms with Crippen molar-refractivity contribution >= 4 is 17.7 Å². The number of nitrogens with one attached hydrogen (secondary N) is 1. The number of fused-ring (bicyclic) bond motifs is 1. The zero-order valence-corrected chi connectivity index (χ0v) is 21.2. The normalized spacial score (nSPS) is 14.4. The molecule has 34 heavy (non-hydrogen) atoms. The fourth-order valence-corrected chi connectivity index (χ4v) is 4.33. The van der Waals surface area contributed by atoms with Crippen LogP contribution in [0.1, 0.15) is 56.5 Å². The Labute approximate surface area is 203 Å². The van der Waals surface area contributed by atoms with Gasteiger partial charge in [-0.1, -0.05) is 13.8 Å². The Morgan fingerprint density at radius 2 is 2.03 bits per heavy atom. The van der Waals surface area contributed by atoms with Crippen molar-refractivity contribution in [2.75, 3.05) is 50.2 Å². The van der Waals surface area contributed by atoms with Crippen molar-refractivity contribution in [3.8, 4) is 5.75 Å². The van der Waals surface area contributed by atoms with Crippen molar-refractivity contribution in [3.63, 3.8) is 0 Å². The molecular formula is C26H39N5O3. The van der Waals surface area contributed by atoms with E-state index in [0.717, 1.165) is 50.2 Å². The molecule has 1 aromatic carbocycles. The van der Waals surface area contributed by atoms with Crippen LogP contribution in [0.15, 0.2) is 30.5 Å². The molecule has 3 rings (SSSR count). The number of benzene rings is 1. The van der Waals surface area contributed by atoms with E-state index in [0.29, 0.717) is 30.5 Å². The summed E-state index contributed by atoms with van der Waals surface area (Å²) in [7, 11) is 1.66. The molecule has 186 valence electrons. The molecule has 1 aliphatic heterocycles. The van der Waals surface area contributed by atoms with Gasteiger partial charge in [0.15, 0.2) is 0 Å². The van der Waals surface area contributed by atoms with Crippen LogP contribution in [0, 0.1) is 0 Å².